The lowest BCUT2D eigenvalue weighted by Crippen LogP contribution is -2.25. The summed E-state index contributed by atoms with van der Waals surface area (Å²) in [6.07, 6.45) is 1.51. The van der Waals surface area contributed by atoms with Crippen molar-refractivity contribution in [2.45, 2.75) is 39.0 Å². The van der Waals surface area contributed by atoms with Crippen molar-refractivity contribution in [3.05, 3.63) is 65.5 Å². The van der Waals surface area contributed by atoms with Crippen molar-refractivity contribution in [3.63, 3.8) is 0 Å². The van der Waals surface area contributed by atoms with E-state index in [-0.39, 0.29) is 5.91 Å². The van der Waals surface area contributed by atoms with E-state index in [1.165, 1.54) is 5.56 Å². The van der Waals surface area contributed by atoms with Gasteiger partial charge in [-0.2, -0.15) is 4.98 Å². The molecule has 1 heterocycles. The summed E-state index contributed by atoms with van der Waals surface area (Å²) in [5.74, 6) is 2.30. The summed E-state index contributed by atoms with van der Waals surface area (Å²) in [5, 5.41) is 6.95. The number of aromatic nitrogens is 2. The Hall–Kier alpha value is -3.15. The van der Waals surface area contributed by atoms with E-state index in [2.05, 4.69) is 41.4 Å². The lowest BCUT2D eigenvalue weighted by molar-refractivity contribution is -0.121. The molecule has 3 rings (SSSR count). The second-order valence-electron chi connectivity index (χ2n) is 7.24. The molecular weight excluding hydrogens is 366 g/mol. The van der Waals surface area contributed by atoms with Crippen LogP contribution in [0.4, 0.5) is 0 Å². The van der Waals surface area contributed by atoms with Gasteiger partial charge in [0.05, 0.1) is 7.11 Å². The molecule has 0 aliphatic rings. The topological polar surface area (TPSA) is 77.2 Å². The first-order valence-corrected chi connectivity index (χ1v) is 9.87. The average Bonchev–Trinajstić information content (AvgIpc) is 3.22. The quantitative estimate of drug-likeness (QED) is 0.591. The molecule has 0 unspecified atom stereocenters. The molecule has 1 N–H and O–H groups in total. The van der Waals surface area contributed by atoms with E-state index in [1.807, 2.05) is 36.4 Å². The van der Waals surface area contributed by atoms with E-state index in [0.29, 0.717) is 37.0 Å². The van der Waals surface area contributed by atoms with Crippen LogP contribution in [-0.2, 0) is 17.6 Å². The van der Waals surface area contributed by atoms with E-state index in [4.69, 9.17) is 9.26 Å². The molecule has 0 aliphatic heterocycles. The number of amides is 1. The molecule has 0 radical (unpaired) electrons. The number of aryl methyl sites for hydroxylation is 1. The number of ether oxygens (including phenoxy) is 1. The van der Waals surface area contributed by atoms with Crippen molar-refractivity contribution in [1.82, 2.24) is 15.5 Å². The molecular formula is C23H27N3O3. The van der Waals surface area contributed by atoms with Gasteiger partial charge in [0.1, 0.15) is 5.75 Å². The second-order valence-corrected chi connectivity index (χ2v) is 7.24. The van der Waals surface area contributed by atoms with Crippen molar-refractivity contribution in [3.8, 4) is 17.1 Å². The number of methoxy groups -OCH3 is 1. The van der Waals surface area contributed by atoms with E-state index < -0.39 is 0 Å². The van der Waals surface area contributed by atoms with Gasteiger partial charge in [-0.15, -0.1) is 0 Å². The smallest absolute Gasteiger partial charge is 0.227 e. The Balaban J connectivity index is 1.43. The van der Waals surface area contributed by atoms with E-state index in [1.54, 1.807) is 7.11 Å². The number of carbonyl (C=O) groups is 1. The fourth-order valence-corrected chi connectivity index (χ4v) is 2.94. The normalized spacial score (nSPS) is 10.9. The zero-order valence-electron chi connectivity index (χ0n) is 17.1. The first-order valence-electron chi connectivity index (χ1n) is 9.87. The minimum Gasteiger partial charge on any atom is -0.497 e. The van der Waals surface area contributed by atoms with Crippen molar-refractivity contribution < 1.29 is 14.1 Å². The largest absolute Gasteiger partial charge is 0.497 e. The van der Waals surface area contributed by atoms with Gasteiger partial charge in [0.2, 0.25) is 17.6 Å². The summed E-state index contributed by atoms with van der Waals surface area (Å²) in [6, 6.07) is 16.0. The zero-order chi connectivity index (χ0) is 20.6. The van der Waals surface area contributed by atoms with Crippen LogP contribution in [0.5, 0.6) is 5.75 Å². The van der Waals surface area contributed by atoms with Gasteiger partial charge >= 0.3 is 0 Å². The fraction of sp³-hybridized carbons (Fsp3) is 0.348. The SMILES string of the molecule is COc1ccc(CCNC(=O)CCc2nc(-c3ccc(C(C)C)cc3)no2)cc1. The van der Waals surface area contributed by atoms with E-state index in [9.17, 15) is 4.79 Å². The van der Waals surface area contributed by atoms with Gasteiger partial charge in [0.25, 0.3) is 0 Å². The van der Waals surface area contributed by atoms with Gasteiger partial charge in [-0.1, -0.05) is 55.4 Å². The van der Waals surface area contributed by atoms with Crippen LogP contribution in [-0.4, -0.2) is 29.7 Å². The number of nitrogens with zero attached hydrogens (tertiary/aromatic N) is 2. The predicted octanol–water partition coefficient (Wildman–Crippen LogP) is 4.16. The van der Waals surface area contributed by atoms with E-state index >= 15 is 0 Å². The Morgan fingerprint density at radius 3 is 2.45 bits per heavy atom. The van der Waals surface area contributed by atoms with Crippen molar-refractivity contribution in [2.24, 2.45) is 0 Å². The molecule has 1 amide bonds. The van der Waals surface area contributed by atoms with E-state index in [0.717, 1.165) is 23.3 Å². The van der Waals surface area contributed by atoms with Crippen LogP contribution >= 0.6 is 0 Å². The van der Waals surface area contributed by atoms with Crippen molar-refractivity contribution in [1.29, 1.82) is 0 Å². The number of carbonyl (C=O) groups excluding carboxylic acids is 1. The van der Waals surface area contributed by atoms with Crippen LogP contribution in [0.3, 0.4) is 0 Å². The number of hydrogen-bond donors (Lipinski definition) is 1. The maximum atomic E-state index is 12.1. The highest BCUT2D eigenvalue weighted by molar-refractivity contribution is 5.76. The molecule has 0 fully saturated rings. The fourth-order valence-electron chi connectivity index (χ4n) is 2.94. The Labute approximate surface area is 171 Å². The Kier molecular flexibility index (Phi) is 7.00. The highest BCUT2D eigenvalue weighted by atomic mass is 16.5. The van der Waals surface area contributed by atoms with Crippen LogP contribution < -0.4 is 10.1 Å². The third-order valence-electron chi connectivity index (χ3n) is 4.76. The maximum absolute atomic E-state index is 12.1. The molecule has 29 heavy (non-hydrogen) atoms. The lowest BCUT2D eigenvalue weighted by atomic mass is 10.0. The highest BCUT2D eigenvalue weighted by Crippen LogP contribution is 2.20. The minimum atomic E-state index is -0.0282. The van der Waals surface area contributed by atoms with Crippen LogP contribution in [0.1, 0.15) is 43.2 Å². The van der Waals surface area contributed by atoms with Gasteiger partial charge in [0.15, 0.2) is 0 Å². The van der Waals surface area contributed by atoms with Gasteiger partial charge < -0.3 is 14.6 Å². The number of rotatable bonds is 9. The van der Waals surface area contributed by atoms with Crippen LogP contribution in [0.2, 0.25) is 0 Å². The monoisotopic (exact) mass is 393 g/mol. The molecule has 0 saturated carbocycles. The Morgan fingerprint density at radius 1 is 1.07 bits per heavy atom. The standard InChI is InChI=1S/C23H27N3O3/c1-16(2)18-6-8-19(9-7-18)23-25-22(29-26-23)13-12-21(27)24-15-14-17-4-10-20(28-3)11-5-17/h4-11,16H,12-15H2,1-3H3,(H,24,27). The molecule has 152 valence electrons. The van der Waals surface area contributed by atoms with Crippen LogP contribution in [0.25, 0.3) is 11.4 Å². The number of hydrogen-bond acceptors (Lipinski definition) is 5. The third-order valence-corrected chi connectivity index (χ3v) is 4.76. The third kappa shape index (κ3) is 5.91. The summed E-state index contributed by atoms with van der Waals surface area (Å²) < 4.78 is 10.4. The number of benzene rings is 2. The molecule has 0 spiro atoms. The summed E-state index contributed by atoms with van der Waals surface area (Å²) in [6.45, 7) is 4.90. The highest BCUT2D eigenvalue weighted by Gasteiger charge is 2.11. The molecule has 0 saturated heterocycles. The second kappa shape index (κ2) is 9.87. The predicted molar refractivity (Wildman–Crippen MR) is 112 cm³/mol. The molecule has 1 aromatic heterocycles. The molecule has 2 aromatic carbocycles. The molecule has 3 aromatic rings. The molecule has 0 atom stereocenters. The molecule has 6 heteroatoms. The Morgan fingerprint density at radius 2 is 1.79 bits per heavy atom. The molecule has 0 aliphatic carbocycles. The zero-order valence-corrected chi connectivity index (χ0v) is 17.1. The van der Waals surface area contributed by atoms with Gasteiger partial charge in [-0.25, -0.2) is 0 Å². The molecule has 6 nitrogen and oxygen atoms in total. The van der Waals surface area contributed by atoms with Gasteiger partial charge in [-0.05, 0) is 35.6 Å². The van der Waals surface area contributed by atoms with Gasteiger partial charge in [-0.3, -0.25) is 4.79 Å². The summed E-state index contributed by atoms with van der Waals surface area (Å²) in [4.78, 5) is 16.5. The summed E-state index contributed by atoms with van der Waals surface area (Å²) in [7, 11) is 1.64. The minimum absolute atomic E-state index is 0.0282. The molecule has 0 bridgehead atoms. The lowest BCUT2D eigenvalue weighted by Gasteiger charge is -2.05. The van der Waals surface area contributed by atoms with Gasteiger partial charge in [0, 0.05) is 24.9 Å². The average molecular weight is 393 g/mol. The van der Waals surface area contributed by atoms with Crippen molar-refractivity contribution >= 4 is 5.91 Å². The maximum Gasteiger partial charge on any atom is 0.227 e. The number of nitrogens with one attached hydrogen (secondary N) is 1. The van der Waals surface area contributed by atoms with Crippen LogP contribution in [0.15, 0.2) is 53.1 Å². The first-order chi connectivity index (χ1) is 14.0. The summed E-state index contributed by atoms with van der Waals surface area (Å²) in [5.41, 5.74) is 3.33. The van der Waals surface area contributed by atoms with Crippen molar-refractivity contribution in [2.75, 3.05) is 13.7 Å². The summed E-state index contributed by atoms with van der Waals surface area (Å²) >= 11 is 0. The Bertz CT molecular complexity index is 915. The first kappa shape index (κ1) is 20.6. The van der Waals surface area contributed by atoms with Crippen LogP contribution in [0, 0.1) is 0 Å².